The zero-order valence-corrected chi connectivity index (χ0v) is 16.8. The first-order valence-electron chi connectivity index (χ1n) is 10.0. The van der Waals surface area contributed by atoms with E-state index in [1.165, 1.54) is 12.8 Å². The van der Waals surface area contributed by atoms with Crippen LogP contribution in [-0.4, -0.2) is 69.1 Å². The van der Waals surface area contributed by atoms with Crippen LogP contribution in [0.5, 0.6) is 5.88 Å². The summed E-state index contributed by atoms with van der Waals surface area (Å²) in [5.41, 5.74) is 0.468. The first-order chi connectivity index (χ1) is 13.3. The Morgan fingerprint density at radius 3 is 2.61 bits per heavy atom. The number of amides is 2. The molecular weight excluding hydrogens is 360 g/mol. The third kappa shape index (κ3) is 4.36. The SMILES string of the molecule is CC(C)(C)OC(=O)N1CCC(=O)N2C[C@H](Oc3cnc(C4CC4)cn3)C[C@H]2C1. The van der Waals surface area contributed by atoms with E-state index in [2.05, 4.69) is 9.97 Å². The van der Waals surface area contributed by atoms with E-state index in [4.69, 9.17) is 9.47 Å². The maximum absolute atomic E-state index is 12.5. The molecule has 1 aromatic heterocycles. The second-order valence-electron chi connectivity index (χ2n) is 8.91. The molecule has 3 aliphatic rings. The molecule has 2 atom stereocenters. The van der Waals surface area contributed by atoms with E-state index in [0.717, 1.165) is 5.69 Å². The highest BCUT2D eigenvalue weighted by Gasteiger charge is 2.41. The lowest BCUT2D eigenvalue weighted by Gasteiger charge is -2.28. The van der Waals surface area contributed by atoms with Crippen LogP contribution in [0.15, 0.2) is 12.4 Å². The minimum absolute atomic E-state index is 0.0531. The molecule has 8 nitrogen and oxygen atoms in total. The number of ether oxygens (including phenoxy) is 2. The quantitative estimate of drug-likeness (QED) is 0.790. The van der Waals surface area contributed by atoms with Crippen LogP contribution in [0.3, 0.4) is 0 Å². The van der Waals surface area contributed by atoms with Crippen LogP contribution in [0, 0.1) is 0 Å². The van der Waals surface area contributed by atoms with Crippen molar-refractivity contribution in [1.82, 2.24) is 19.8 Å². The van der Waals surface area contributed by atoms with Gasteiger partial charge in [0, 0.05) is 31.8 Å². The van der Waals surface area contributed by atoms with Crippen molar-refractivity contribution in [1.29, 1.82) is 0 Å². The van der Waals surface area contributed by atoms with Gasteiger partial charge in [0.1, 0.15) is 11.7 Å². The molecular formula is C20H28N4O4. The first kappa shape index (κ1) is 19.0. The summed E-state index contributed by atoms with van der Waals surface area (Å²) in [6, 6.07) is -0.0637. The summed E-state index contributed by atoms with van der Waals surface area (Å²) >= 11 is 0. The molecule has 1 saturated carbocycles. The summed E-state index contributed by atoms with van der Waals surface area (Å²) in [6.45, 7) is 6.89. The van der Waals surface area contributed by atoms with Gasteiger partial charge in [-0.2, -0.15) is 0 Å². The zero-order valence-electron chi connectivity index (χ0n) is 16.8. The lowest BCUT2D eigenvalue weighted by atomic mass is 10.2. The molecule has 0 N–H and O–H groups in total. The number of fused-ring (bicyclic) bond motifs is 1. The standard InChI is InChI=1S/C20H28N4O4/c1-20(2,3)28-19(26)23-7-6-18(25)24-12-15(8-14(24)11-23)27-17-10-21-16(9-22-17)13-4-5-13/h9-10,13-15H,4-8,11-12H2,1-3H3/t14-,15+/m0/s1. The van der Waals surface area contributed by atoms with Crippen molar-refractivity contribution in [2.45, 2.75) is 70.1 Å². The molecule has 0 aromatic carbocycles. The van der Waals surface area contributed by atoms with Crippen LogP contribution in [0.25, 0.3) is 0 Å². The van der Waals surface area contributed by atoms with Crippen molar-refractivity contribution >= 4 is 12.0 Å². The molecule has 1 aliphatic carbocycles. The van der Waals surface area contributed by atoms with Crippen LogP contribution in [0.1, 0.15) is 58.1 Å². The summed E-state index contributed by atoms with van der Waals surface area (Å²) in [7, 11) is 0. The molecule has 2 saturated heterocycles. The molecule has 0 radical (unpaired) electrons. The highest BCUT2D eigenvalue weighted by atomic mass is 16.6. The predicted octanol–water partition coefficient (Wildman–Crippen LogP) is 2.34. The van der Waals surface area contributed by atoms with Crippen molar-refractivity contribution in [3.8, 4) is 5.88 Å². The van der Waals surface area contributed by atoms with Gasteiger partial charge in [0.05, 0.1) is 30.7 Å². The Labute approximate surface area is 165 Å². The predicted molar refractivity (Wildman–Crippen MR) is 101 cm³/mol. The number of carbonyl (C=O) groups is 2. The number of carbonyl (C=O) groups excluding carboxylic acids is 2. The molecule has 4 rings (SSSR count). The van der Waals surface area contributed by atoms with Gasteiger partial charge in [0.25, 0.3) is 0 Å². The third-order valence-electron chi connectivity index (χ3n) is 5.31. The van der Waals surface area contributed by atoms with Gasteiger partial charge in [-0.15, -0.1) is 0 Å². The summed E-state index contributed by atoms with van der Waals surface area (Å²) in [5.74, 6) is 1.10. The van der Waals surface area contributed by atoms with Crippen molar-refractivity contribution in [2.24, 2.45) is 0 Å². The number of aromatic nitrogens is 2. The van der Waals surface area contributed by atoms with Crippen molar-refractivity contribution in [2.75, 3.05) is 19.6 Å². The Kier molecular flexibility index (Phi) is 4.89. The van der Waals surface area contributed by atoms with Crippen molar-refractivity contribution in [3.05, 3.63) is 18.1 Å². The van der Waals surface area contributed by atoms with Crippen molar-refractivity contribution in [3.63, 3.8) is 0 Å². The highest BCUT2D eigenvalue weighted by molar-refractivity contribution is 5.79. The van der Waals surface area contributed by atoms with E-state index < -0.39 is 5.60 Å². The summed E-state index contributed by atoms with van der Waals surface area (Å²) in [6.07, 6.45) is 6.29. The lowest BCUT2D eigenvalue weighted by Crippen LogP contribution is -2.42. The first-order valence-corrected chi connectivity index (χ1v) is 10.0. The number of hydrogen-bond donors (Lipinski definition) is 0. The lowest BCUT2D eigenvalue weighted by molar-refractivity contribution is -0.131. The molecule has 2 aliphatic heterocycles. The van der Waals surface area contributed by atoms with Crippen LogP contribution < -0.4 is 4.74 Å². The van der Waals surface area contributed by atoms with Crippen LogP contribution >= 0.6 is 0 Å². The van der Waals surface area contributed by atoms with Gasteiger partial charge in [-0.25, -0.2) is 9.78 Å². The van der Waals surface area contributed by atoms with E-state index in [0.29, 0.717) is 44.3 Å². The third-order valence-corrected chi connectivity index (χ3v) is 5.31. The fourth-order valence-electron chi connectivity index (χ4n) is 3.80. The Morgan fingerprint density at radius 2 is 1.96 bits per heavy atom. The number of rotatable bonds is 3. The molecule has 3 fully saturated rings. The molecule has 0 bridgehead atoms. The van der Waals surface area contributed by atoms with Gasteiger partial charge in [-0.1, -0.05) is 0 Å². The highest BCUT2D eigenvalue weighted by Crippen LogP contribution is 2.38. The molecule has 0 unspecified atom stereocenters. The van der Waals surface area contributed by atoms with Gasteiger partial charge < -0.3 is 19.3 Å². The second kappa shape index (κ2) is 7.22. The van der Waals surface area contributed by atoms with Gasteiger partial charge in [-0.3, -0.25) is 9.78 Å². The molecule has 3 heterocycles. The summed E-state index contributed by atoms with van der Waals surface area (Å²) in [4.78, 5) is 37.3. The fraction of sp³-hybridized carbons (Fsp3) is 0.700. The van der Waals surface area contributed by atoms with Gasteiger partial charge in [0.2, 0.25) is 11.8 Å². The van der Waals surface area contributed by atoms with Crippen LogP contribution in [0.2, 0.25) is 0 Å². The topological polar surface area (TPSA) is 84.9 Å². The monoisotopic (exact) mass is 388 g/mol. The molecule has 152 valence electrons. The Morgan fingerprint density at radius 1 is 1.18 bits per heavy atom. The number of nitrogens with zero attached hydrogens (tertiary/aromatic N) is 4. The number of hydrogen-bond acceptors (Lipinski definition) is 6. The van der Waals surface area contributed by atoms with E-state index >= 15 is 0 Å². The van der Waals surface area contributed by atoms with Crippen molar-refractivity contribution < 1.29 is 19.1 Å². The average molecular weight is 388 g/mol. The molecule has 28 heavy (non-hydrogen) atoms. The fourth-order valence-corrected chi connectivity index (χ4v) is 3.80. The van der Waals surface area contributed by atoms with E-state index in [1.807, 2.05) is 25.7 Å². The summed E-state index contributed by atoms with van der Waals surface area (Å²) in [5, 5.41) is 0. The van der Waals surface area contributed by atoms with Crippen LogP contribution in [-0.2, 0) is 9.53 Å². The van der Waals surface area contributed by atoms with E-state index in [9.17, 15) is 9.59 Å². The van der Waals surface area contributed by atoms with E-state index in [1.54, 1.807) is 17.3 Å². The average Bonchev–Trinajstić information content (AvgIpc) is 3.41. The maximum Gasteiger partial charge on any atom is 0.410 e. The Balaban J connectivity index is 1.38. The minimum atomic E-state index is -0.556. The molecule has 8 heteroatoms. The Bertz CT molecular complexity index is 742. The van der Waals surface area contributed by atoms with Gasteiger partial charge in [0.15, 0.2) is 0 Å². The van der Waals surface area contributed by atoms with Gasteiger partial charge >= 0.3 is 6.09 Å². The molecule has 0 spiro atoms. The maximum atomic E-state index is 12.5. The second-order valence-corrected chi connectivity index (χ2v) is 8.91. The molecule has 2 amide bonds. The van der Waals surface area contributed by atoms with E-state index in [-0.39, 0.29) is 24.1 Å². The smallest absolute Gasteiger partial charge is 0.410 e. The van der Waals surface area contributed by atoms with Gasteiger partial charge in [-0.05, 0) is 33.6 Å². The Hall–Kier alpha value is -2.38. The largest absolute Gasteiger partial charge is 0.471 e. The normalized spacial score (nSPS) is 25.3. The minimum Gasteiger partial charge on any atom is -0.471 e. The summed E-state index contributed by atoms with van der Waals surface area (Å²) < 4.78 is 11.5. The molecule has 1 aromatic rings. The van der Waals surface area contributed by atoms with Crippen LogP contribution in [0.4, 0.5) is 4.79 Å². The zero-order chi connectivity index (χ0) is 19.9.